The standard InChI is InChI=1S/C9H17NOS2/c1-8(6-11)7-13-9(12)10-4-2-3-5-10/h8,11H,2-7H2,1H3/t8-/m1/s1. The van der Waals surface area contributed by atoms with Crippen LogP contribution in [0.2, 0.25) is 0 Å². The quantitative estimate of drug-likeness (QED) is 0.730. The van der Waals surface area contributed by atoms with Gasteiger partial charge >= 0.3 is 0 Å². The van der Waals surface area contributed by atoms with Crippen molar-refractivity contribution in [2.75, 3.05) is 25.4 Å². The van der Waals surface area contributed by atoms with Crippen molar-refractivity contribution in [1.29, 1.82) is 0 Å². The number of hydrogen-bond donors (Lipinski definition) is 1. The lowest BCUT2D eigenvalue weighted by Crippen LogP contribution is -2.24. The molecule has 0 aromatic rings. The fourth-order valence-corrected chi connectivity index (χ4v) is 2.54. The van der Waals surface area contributed by atoms with Crippen LogP contribution in [-0.2, 0) is 0 Å². The Kier molecular flexibility index (Phi) is 5.06. The molecule has 1 aliphatic rings. The van der Waals surface area contributed by atoms with E-state index in [9.17, 15) is 0 Å². The van der Waals surface area contributed by atoms with Crippen LogP contribution in [0.25, 0.3) is 0 Å². The second kappa shape index (κ2) is 5.83. The molecule has 2 nitrogen and oxygen atoms in total. The van der Waals surface area contributed by atoms with Crippen molar-refractivity contribution < 1.29 is 5.11 Å². The molecule has 1 saturated heterocycles. The topological polar surface area (TPSA) is 23.5 Å². The predicted octanol–water partition coefficient (Wildman–Crippen LogP) is 1.73. The molecule has 1 fully saturated rings. The number of rotatable bonds is 3. The van der Waals surface area contributed by atoms with Gasteiger partial charge in [-0.1, -0.05) is 30.9 Å². The van der Waals surface area contributed by atoms with Gasteiger partial charge in [0, 0.05) is 25.4 Å². The zero-order valence-corrected chi connectivity index (χ0v) is 9.66. The van der Waals surface area contributed by atoms with Crippen LogP contribution in [0.15, 0.2) is 0 Å². The fourth-order valence-electron chi connectivity index (χ4n) is 1.26. The molecular formula is C9H17NOS2. The summed E-state index contributed by atoms with van der Waals surface area (Å²) >= 11 is 6.99. The minimum absolute atomic E-state index is 0.260. The number of thioether (sulfide) groups is 1. The van der Waals surface area contributed by atoms with Crippen LogP contribution >= 0.6 is 24.0 Å². The summed E-state index contributed by atoms with van der Waals surface area (Å²) in [5, 5.41) is 8.84. The summed E-state index contributed by atoms with van der Waals surface area (Å²) < 4.78 is 1.01. The molecule has 1 heterocycles. The molecule has 0 saturated carbocycles. The third kappa shape index (κ3) is 3.83. The van der Waals surface area contributed by atoms with Gasteiger partial charge in [0.1, 0.15) is 4.32 Å². The van der Waals surface area contributed by atoms with Gasteiger partial charge in [-0.3, -0.25) is 0 Å². The Labute approximate surface area is 89.7 Å². The molecule has 0 amide bonds. The van der Waals surface area contributed by atoms with Crippen molar-refractivity contribution in [2.45, 2.75) is 19.8 Å². The third-order valence-electron chi connectivity index (χ3n) is 2.17. The summed E-state index contributed by atoms with van der Waals surface area (Å²) in [6, 6.07) is 0. The van der Waals surface area contributed by atoms with E-state index in [4.69, 9.17) is 17.3 Å². The molecule has 0 spiro atoms. The number of thiocarbonyl (C=S) groups is 1. The van der Waals surface area contributed by atoms with E-state index in [1.807, 2.05) is 6.92 Å². The molecule has 0 bridgehead atoms. The number of aliphatic hydroxyl groups excluding tert-OH is 1. The van der Waals surface area contributed by atoms with Crippen molar-refractivity contribution in [3.05, 3.63) is 0 Å². The first kappa shape index (κ1) is 11.3. The van der Waals surface area contributed by atoms with Gasteiger partial charge < -0.3 is 10.0 Å². The Morgan fingerprint density at radius 2 is 2.15 bits per heavy atom. The largest absolute Gasteiger partial charge is 0.396 e. The first-order valence-corrected chi connectivity index (χ1v) is 6.16. The van der Waals surface area contributed by atoms with Crippen LogP contribution in [0.1, 0.15) is 19.8 Å². The normalized spacial score (nSPS) is 19.1. The highest BCUT2D eigenvalue weighted by Gasteiger charge is 2.15. The van der Waals surface area contributed by atoms with E-state index in [1.54, 1.807) is 11.8 Å². The van der Waals surface area contributed by atoms with Crippen molar-refractivity contribution in [3.8, 4) is 0 Å². The van der Waals surface area contributed by atoms with Crippen LogP contribution in [-0.4, -0.2) is 39.8 Å². The number of nitrogens with zero attached hydrogens (tertiary/aromatic N) is 1. The van der Waals surface area contributed by atoms with Gasteiger partial charge in [0.15, 0.2) is 0 Å². The lowest BCUT2D eigenvalue weighted by Gasteiger charge is -2.18. The van der Waals surface area contributed by atoms with E-state index in [1.165, 1.54) is 12.8 Å². The van der Waals surface area contributed by atoms with Gasteiger partial charge in [0.05, 0.1) is 0 Å². The van der Waals surface area contributed by atoms with E-state index in [0.29, 0.717) is 5.92 Å². The van der Waals surface area contributed by atoms with E-state index in [2.05, 4.69) is 4.90 Å². The van der Waals surface area contributed by atoms with Crippen LogP contribution in [0, 0.1) is 5.92 Å². The number of likely N-dealkylation sites (tertiary alicyclic amines) is 1. The Balaban J connectivity index is 2.16. The fraction of sp³-hybridized carbons (Fsp3) is 0.889. The summed E-state index contributed by atoms with van der Waals surface area (Å²) in [4.78, 5) is 2.27. The van der Waals surface area contributed by atoms with Gasteiger partial charge in [0.2, 0.25) is 0 Å². The summed E-state index contributed by atoms with van der Waals surface area (Å²) in [6.45, 7) is 4.55. The first-order chi connectivity index (χ1) is 6.24. The molecule has 1 aliphatic heterocycles. The monoisotopic (exact) mass is 219 g/mol. The number of aliphatic hydroxyl groups is 1. The van der Waals surface area contributed by atoms with Crippen LogP contribution in [0.4, 0.5) is 0 Å². The highest BCUT2D eigenvalue weighted by Crippen LogP contribution is 2.18. The average Bonchev–Trinajstić information content (AvgIpc) is 2.66. The smallest absolute Gasteiger partial charge is 0.136 e. The molecule has 4 heteroatoms. The maximum absolute atomic E-state index is 8.84. The van der Waals surface area contributed by atoms with E-state index in [-0.39, 0.29) is 6.61 Å². The maximum atomic E-state index is 8.84. The molecule has 0 aliphatic carbocycles. The Morgan fingerprint density at radius 3 is 2.69 bits per heavy atom. The summed E-state index contributed by atoms with van der Waals surface area (Å²) in [5.41, 5.74) is 0. The highest BCUT2D eigenvalue weighted by molar-refractivity contribution is 8.22. The summed E-state index contributed by atoms with van der Waals surface area (Å²) in [5.74, 6) is 1.29. The summed E-state index contributed by atoms with van der Waals surface area (Å²) in [6.07, 6.45) is 2.55. The summed E-state index contributed by atoms with van der Waals surface area (Å²) in [7, 11) is 0. The lowest BCUT2D eigenvalue weighted by atomic mass is 10.2. The second-order valence-electron chi connectivity index (χ2n) is 3.56. The van der Waals surface area contributed by atoms with Crippen LogP contribution in [0.5, 0.6) is 0 Å². The van der Waals surface area contributed by atoms with Crippen molar-refractivity contribution in [1.82, 2.24) is 4.90 Å². The predicted molar refractivity (Wildman–Crippen MR) is 62.1 cm³/mol. The molecule has 0 unspecified atom stereocenters. The Morgan fingerprint density at radius 1 is 1.54 bits per heavy atom. The van der Waals surface area contributed by atoms with Gasteiger partial charge in [-0.25, -0.2) is 0 Å². The lowest BCUT2D eigenvalue weighted by molar-refractivity contribution is 0.250. The number of hydrogen-bond acceptors (Lipinski definition) is 3. The molecule has 76 valence electrons. The molecule has 0 aromatic carbocycles. The van der Waals surface area contributed by atoms with Gasteiger partial charge in [0.25, 0.3) is 0 Å². The molecule has 1 rings (SSSR count). The molecule has 0 radical (unpaired) electrons. The zero-order chi connectivity index (χ0) is 9.68. The minimum Gasteiger partial charge on any atom is -0.396 e. The van der Waals surface area contributed by atoms with E-state index in [0.717, 1.165) is 23.2 Å². The van der Waals surface area contributed by atoms with Gasteiger partial charge in [-0.05, 0) is 18.8 Å². The first-order valence-electron chi connectivity index (χ1n) is 4.76. The Hall–Kier alpha value is 0.200. The van der Waals surface area contributed by atoms with Crippen molar-refractivity contribution in [2.24, 2.45) is 5.92 Å². The van der Waals surface area contributed by atoms with Crippen LogP contribution < -0.4 is 0 Å². The molecule has 0 aromatic heterocycles. The maximum Gasteiger partial charge on any atom is 0.136 e. The van der Waals surface area contributed by atoms with E-state index >= 15 is 0 Å². The van der Waals surface area contributed by atoms with Crippen molar-refractivity contribution >= 4 is 28.3 Å². The SMILES string of the molecule is C[C@H](CO)CSC(=S)N1CCCC1. The molecule has 13 heavy (non-hydrogen) atoms. The molecular weight excluding hydrogens is 202 g/mol. The van der Waals surface area contributed by atoms with Gasteiger partial charge in [-0.2, -0.15) is 0 Å². The molecule has 1 N–H and O–H groups in total. The highest BCUT2D eigenvalue weighted by atomic mass is 32.2. The Bertz CT molecular complexity index is 169. The van der Waals surface area contributed by atoms with E-state index < -0.39 is 0 Å². The minimum atomic E-state index is 0.260. The van der Waals surface area contributed by atoms with Gasteiger partial charge in [-0.15, -0.1) is 0 Å². The molecule has 1 atom stereocenters. The third-order valence-corrected chi connectivity index (χ3v) is 4.02. The average molecular weight is 219 g/mol. The van der Waals surface area contributed by atoms with Crippen LogP contribution in [0.3, 0.4) is 0 Å². The van der Waals surface area contributed by atoms with Crippen molar-refractivity contribution in [3.63, 3.8) is 0 Å². The second-order valence-corrected chi connectivity index (χ2v) is 5.21. The zero-order valence-electron chi connectivity index (χ0n) is 8.03.